The third-order valence-electron chi connectivity index (χ3n) is 1.95. The van der Waals surface area contributed by atoms with Crippen molar-refractivity contribution in [1.82, 2.24) is 5.32 Å². The van der Waals surface area contributed by atoms with Crippen LogP contribution in [0, 0.1) is 0 Å². The lowest BCUT2D eigenvalue weighted by molar-refractivity contribution is -0.136. The average molecular weight is 215 g/mol. The summed E-state index contributed by atoms with van der Waals surface area (Å²) in [6.07, 6.45) is 0. The molecule has 0 amide bonds. The lowest BCUT2D eigenvalue weighted by Gasteiger charge is -2.07. The highest BCUT2D eigenvalue weighted by atomic mass is 32.2. The van der Waals surface area contributed by atoms with Crippen LogP contribution < -0.4 is 5.32 Å². The maximum atomic E-state index is 10.6. The molecule has 2 rings (SSSR count). The number of carboxylic acids is 1. The van der Waals surface area contributed by atoms with Crippen LogP contribution in [0.5, 0.6) is 0 Å². The fourth-order valence-electron chi connectivity index (χ4n) is 1.28. The zero-order chi connectivity index (χ0) is 9.26. The first-order valence-corrected chi connectivity index (χ1v) is 5.89. The van der Waals surface area contributed by atoms with Gasteiger partial charge in [0.15, 0.2) is 5.37 Å². The number of hydrogen-bond acceptors (Lipinski definition) is 4. The van der Waals surface area contributed by atoms with Gasteiger partial charge in [0.25, 0.3) is 0 Å². The lowest BCUT2D eigenvalue weighted by atomic mass is 10.2. The second-order valence-electron chi connectivity index (χ2n) is 2.83. The van der Waals surface area contributed by atoms with Crippen molar-refractivity contribution in [3.05, 3.63) is 22.4 Å². The van der Waals surface area contributed by atoms with Gasteiger partial charge in [-0.25, -0.2) is 4.79 Å². The highest BCUT2D eigenvalue weighted by Gasteiger charge is 2.30. The zero-order valence-corrected chi connectivity index (χ0v) is 8.40. The summed E-state index contributed by atoms with van der Waals surface area (Å²) in [6.45, 7) is 0. The van der Waals surface area contributed by atoms with Gasteiger partial charge in [-0.05, 0) is 22.4 Å². The first-order chi connectivity index (χ1) is 6.27. The molecule has 5 heteroatoms. The molecule has 1 aliphatic heterocycles. The van der Waals surface area contributed by atoms with Crippen LogP contribution in [0.25, 0.3) is 0 Å². The van der Waals surface area contributed by atoms with Gasteiger partial charge in [-0.2, -0.15) is 11.3 Å². The van der Waals surface area contributed by atoms with Gasteiger partial charge in [-0.15, -0.1) is 11.8 Å². The Morgan fingerprint density at radius 1 is 1.69 bits per heavy atom. The van der Waals surface area contributed by atoms with E-state index in [1.807, 2.05) is 11.4 Å². The minimum absolute atomic E-state index is 0.206. The Bertz CT molecular complexity index is 299. The quantitative estimate of drug-likeness (QED) is 0.785. The largest absolute Gasteiger partial charge is 0.479 e. The molecule has 1 aromatic rings. The van der Waals surface area contributed by atoms with Crippen molar-refractivity contribution in [2.45, 2.75) is 11.4 Å². The van der Waals surface area contributed by atoms with E-state index in [1.165, 1.54) is 17.3 Å². The van der Waals surface area contributed by atoms with Gasteiger partial charge < -0.3 is 5.11 Å². The van der Waals surface area contributed by atoms with Gasteiger partial charge in [-0.1, -0.05) is 0 Å². The Morgan fingerprint density at radius 3 is 3.08 bits per heavy atom. The Labute approximate surface area is 84.2 Å². The second kappa shape index (κ2) is 3.69. The molecule has 2 atom stereocenters. The molecule has 0 aliphatic carbocycles. The fourth-order valence-corrected chi connectivity index (χ4v) is 3.07. The SMILES string of the molecule is O=C(O)[C@@H]1N[C@H](c2ccsc2)CS1. The average Bonchev–Trinajstić information content (AvgIpc) is 2.75. The van der Waals surface area contributed by atoms with E-state index in [2.05, 4.69) is 10.7 Å². The van der Waals surface area contributed by atoms with Crippen molar-refractivity contribution in [3.63, 3.8) is 0 Å². The maximum Gasteiger partial charge on any atom is 0.331 e. The Hall–Kier alpha value is -0.520. The molecule has 2 heterocycles. The smallest absolute Gasteiger partial charge is 0.331 e. The van der Waals surface area contributed by atoms with Crippen molar-refractivity contribution in [1.29, 1.82) is 0 Å². The van der Waals surface area contributed by atoms with Crippen molar-refractivity contribution >= 4 is 29.1 Å². The van der Waals surface area contributed by atoms with E-state index in [0.29, 0.717) is 0 Å². The van der Waals surface area contributed by atoms with Crippen LogP contribution in [0.4, 0.5) is 0 Å². The van der Waals surface area contributed by atoms with Crippen LogP contribution in [0.1, 0.15) is 11.6 Å². The number of thioether (sulfide) groups is 1. The standard InChI is InChI=1S/C8H9NO2S2/c10-8(11)7-9-6(4-13-7)5-1-2-12-3-5/h1-3,6-7,9H,4H2,(H,10,11)/t6-,7+/m0/s1. The minimum Gasteiger partial charge on any atom is -0.479 e. The summed E-state index contributed by atoms with van der Waals surface area (Å²) in [4.78, 5) is 10.6. The molecule has 13 heavy (non-hydrogen) atoms. The minimum atomic E-state index is -0.775. The first kappa shape index (κ1) is 9.05. The predicted molar refractivity (Wildman–Crippen MR) is 54.1 cm³/mol. The molecule has 1 fully saturated rings. The topological polar surface area (TPSA) is 49.3 Å². The molecular weight excluding hydrogens is 206 g/mol. The highest BCUT2D eigenvalue weighted by Crippen LogP contribution is 2.29. The molecule has 0 unspecified atom stereocenters. The number of nitrogens with one attached hydrogen (secondary N) is 1. The number of aliphatic carboxylic acids is 1. The third-order valence-corrected chi connectivity index (χ3v) is 3.85. The highest BCUT2D eigenvalue weighted by molar-refractivity contribution is 8.00. The van der Waals surface area contributed by atoms with E-state index in [1.54, 1.807) is 11.3 Å². The van der Waals surface area contributed by atoms with Crippen LogP contribution >= 0.6 is 23.1 Å². The molecule has 0 radical (unpaired) electrons. The lowest BCUT2D eigenvalue weighted by Crippen LogP contribution is -2.30. The van der Waals surface area contributed by atoms with Gasteiger partial charge in [0.1, 0.15) is 0 Å². The molecule has 0 bridgehead atoms. The summed E-state index contributed by atoms with van der Waals surface area (Å²) in [5.74, 6) is 0.0657. The zero-order valence-electron chi connectivity index (χ0n) is 6.77. The van der Waals surface area contributed by atoms with Crippen LogP contribution in [0.2, 0.25) is 0 Å². The summed E-state index contributed by atoms with van der Waals surface area (Å²) in [5, 5.41) is 15.4. The molecule has 1 saturated heterocycles. The number of carbonyl (C=O) groups is 1. The van der Waals surface area contributed by atoms with Crippen LogP contribution in [0.3, 0.4) is 0 Å². The van der Waals surface area contributed by atoms with E-state index < -0.39 is 11.3 Å². The van der Waals surface area contributed by atoms with Crippen molar-refractivity contribution in [2.24, 2.45) is 0 Å². The van der Waals surface area contributed by atoms with Crippen molar-refractivity contribution in [2.75, 3.05) is 5.75 Å². The van der Waals surface area contributed by atoms with E-state index in [4.69, 9.17) is 5.11 Å². The summed E-state index contributed by atoms with van der Waals surface area (Å²) in [6, 6.07) is 2.24. The molecule has 0 spiro atoms. The molecule has 1 aromatic heterocycles. The third kappa shape index (κ3) is 1.87. The summed E-state index contributed by atoms with van der Waals surface area (Å²) < 4.78 is 0. The Kier molecular flexibility index (Phi) is 2.57. The van der Waals surface area contributed by atoms with Crippen LogP contribution in [-0.4, -0.2) is 22.2 Å². The summed E-state index contributed by atoms with van der Waals surface area (Å²) in [7, 11) is 0. The molecule has 0 aromatic carbocycles. The number of rotatable bonds is 2. The Morgan fingerprint density at radius 2 is 2.54 bits per heavy atom. The normalized spacial score (nSPS) is 27.7. The predicted octanol–water partition coefficient (Wildman–Crippen LogP) is 1.54. The van der Waals surface area contributed by atoms with Gasteiger partial charge >= 0.3 is 5.97 Å². The monoisotopic (exact) mass is 215 g/mol. The molecule has 0 saturated carbocycles. The second-order valence-corrected chi connectivity index (χ2v) is 4.75. The van der Waals surface area contributed by atoms with Crippen LogP contribution in [0.15, 0.2) is 16.8 Å². The number of thiophene rings is 1. The maximum absolute atomic E-state index is 10.6. The molecular formula is C8H9NO2S2. The van der Waals surface area contributed by atoms with Gasteiger partial charge in [-0.3, -0.25) is 5.32 Å². The first-order valence-electron chi connectivity index (χ1n) is 3.90. The van der Waals surface area contributed by atoms with E-state index in [-0.39, 0.29) is 6.04 Å². The molecule has 3 nitrogen and oxygen atoms in total. The van der Waals surface area contributed by atoms with E-state index >= 15 is 0 Å². The van der Waals surface area contributed by atoms with Crippen LogP contribution in [-0.2, 0) is 4.79 Å². The number of hydrogen-bond donors (Lipinski definition) is 2. The van der Waals surface area contributed by atoms with E-state index in [9.17, 15) is 4.79 Å². The van der Waals surface area contributed by atoms with Crippen molar-refractivity contribution < 1.29 is 9.90 Å². The van der Waals surface area contributed by atoms with Gasteiger partial charge in [0.2, 0.25) is 0 Å². The van der Waals surface area contributed by atoms with Gasteiger partial charge in [0, 0.05) is 11.8 Å². The summed E-state index contributed by atoms with van der Waals surface area (Å²) in [5.41, 5.74) is 1.20. The fraction of sp³-hybridized carbons (Fsp3) is 0.375. The van der Waals surface area contributed by atoms with Gasteiger partial charge in [0.05, 0.1) is 0 Å². The molecule has 2 N–H and O–H groups in total. The van der Waals surface area contributed by atoms with Crippen molar-refractivity contribution in [3.8, 4) is 0 Å². The molecule has 70 valence electrons. The Balaban J connectivity index is 2.03. The number of carboxylic acid groups (broad SMARTS) is 1. The molecule has 1 aliphatic rings. The summed E-state index contributed by atoms with van der Waals surface area (Å²) >= 11 is 3.09. The van der Waals surface area contributed by atoms with E-state index in [0.717, 1.165) is 5.75 Å².